The van der Waals surface area contributed by atoms with Crippen LogP contribution in [-0.2, 0) is 23.6 Å². The molecule has 2 aromatic rings. The lowest BCUT2D eigenvalue weighted by Crippen LogP contribution is -2.16. The first-order valence-corrected chi connectivity index (χ1v) is 7.23. The highest BCUT2D eigenvalue weighted by molar-refractivity contribution is 7.92. The molecule has 102 valence electrons. The van der Waals surface area contributed by atoms with Gasteiger partial charge in [0.15, 0.2) is 0 Å². The average Bonchev–Trinajstić information content (AvgIpc) is 2.67. The number of aromatic nitrogens is 2. The van der Waals surface area contributed by atoms with Crippen LogP contribution in [0.4, 0.5) is 5.69 Å². The second kappa shape index (κ2) is 5.02. The Hall–Kier alpha value is -1.86. The molecule has 0 saturated heterocycles. The van der Waals surface area contributed by atoms with Gasteiger partial charge in [-0.1, -0.05) is 18.2 Å². The predicted octanol–water partition coefficient (Wildman–Crippen LogP) is 0.988. The topological polar surface area (TPSA) is 90.0 Å². The van der Waals surface area contributed by atoms with Crippen LogP contribution in [0.3, 0.4) is 0 Å². The molecule has 2 rings (SSSR count). The van der Waals surface area contributed by atoms with Gasteiger partial charge in [0.2, 0.25) is 0 Å². The van der Waals surface area contributed by atoms with Gasteiger partial charge in [0.1, 0.15) is 0 Å². The molecule has 0 aliphatic rings. The van der Waals surface area contributed by atoms with Crippen LogP contribution in [-0.4, -0.2) is 18.2 Å². The maximum atomic E-state index is 12.3. The number of nitrogens with two attached hydrogens (primary N) is 1. The Morgan fingerprint density at radius 1 is 1.37 bits per heavy atom. The van der Waals surface area contributed by atoms with Crippen molar-refractivity contribution in [1.29, 1.82) is 0 Å². The number of sulfonamides is 1. The van der Waals surface area contributed by atoms with Crippen molar-refractivity contribution in [2.24, 2.45) is 12.8 Å². The lowest BCUT2D eigenvalue weighted by atomic mass is 10.2. The third-order valence-electron chi connectivity index (χ3n) is 2.74. The van der Waals surface area contributed by atoms with Gasteiger partial charge in [-0.15, -0.1) is 0 Å². The number of anilines is 1. The Morgan fingerprint density at radius 2 is 2.05 bits per heavy atom. The maximum Gasteiger partial charge on any atom is 0.262 e. The first-order valence-electron chi connectivity index (χ1n) is 5.75. The largest absolute Gasteiger partial charge is 0.326 e. The van der Waals surface area contributed by atoms with Crippen LogP contribution >= 0.6 is 0 Å². The Balaban J connectivity index is 2.40. The second-order valence-corrected chi connectivity index (χ2v) is 5.87. The van der Waals surface area contributed by atoms with Crippen LogP contribution in [0.1, 0.15) is 11.3 Å². The fourth-order valence-electron chi connectivity index (χ4n) is 1.83. The molecule has 1 heterocycles. The Morgan fingerprint density at radius 3 is 2.63 bits per heavy atom. The molecular formula is C12H16N4O2S. The molecule has 7 heteroatoms. The van der Waals surface area contributed by atoms with Crippen molar-refractivity contribution in [3.05, 3.63) is 41.7 Å². The van der Waals surface area contributed by atoms with Gasteiger partial charge in [-0.2, -0.15) is 5.10 Å². The van der Waals surface area contributed by atoms with E-state index in [1.54, 1.807) is 43.0 Å². The SMILES string of the molecule is Cc1nn(C)cc1NS(=O)(=O)c1ccccc1CN. The van der Waals surface area contributed by atoms with E-state index in [-0.39, 0.29) is 11.4 Å². The molecule has 0 radical (unpaired) electrons. The van der Waals surface area contributed by atoms with Gasteiger partial charge in [0.25, 0.3) is 10.0 Å². The summed E-state index contributed by atoms with van der Waals surface area (Å²) in [5, 5.41) is 4.10. The molecule has 0 atom stereocenters. The number of nitrogens with one attached hydrogen (secondary N) is 1. The Labute approximate surface area is 112 Å². The highest BCUT2D eigenvalue weighted by Crippen LogP contribution is 2.20. The lowest BCUT2D eigenvalue weighted by Gasteiger charge is -2.10. The number of nitrogens with zero attached hydrogens (tertiary/aromatic N) is 2. The molecule has 3 N–H and O–H groups in total. The summed E-state index contributed by atoms with van der Waals surface area (Å²) in [5.41, 5.74) is 7.23. The molecular weight excluding hydrogens is 264 g/mol. The van der Waals surface area contributed by atoms with Crippen LogP contribution < -0.4 is 10.5 Å². The van der Waals surface area contributed by atoms with Gasteiger partial charge in [-0.05, 0) is 18.6 Å². The Bertz CT molecular complexity index is 692. The zero-order valence-electron chi connectivity index (χ0n) is 10.8. The average molecular weight is 280 g/mol. The zero-order chi connectivity index (χ0) is 14.0. The van der Waals surface area contributed by atoms with Crippen molar-refractivity contribution in [3.63, 3.8) is 0 Å². The van der Waals surface area contributed by atoms with Gasteiger partial charge < -0.3 is 5.73 Å². The molecule has 0 bridgehead atoms. The van der Waals surface area contributed by atoms with Crippen molar-refractivity contribution in [3.8, 4) is 0 Å². The summed E-state index contributed by atoms with van der Waals surface area (Å²) in [6.07, 6.45) is 1.62. The molecule has 1 aromatic carbocycles. The third kappa shape index (κ3) is 2.77. The normalized spacial score (nSPS) is 11.5. The molecule has 1 aromatic heterocycles. The minimum Gasteiger partial charge on any atom is -0.326 e. The molecule has 0 aliphatic carbocycles. The van der Waals surface area contributed by atoms with Gasteiger partial charge in [-0.3, -0.25) is 9.40 Å². The number of hydrogen-bond donors (Lipinski definition) is 2. The fourth-order valence-corrected chi connectivity index (χ4v) is 3.19. The summed E-state index contributed by atoms with van der Waals surface area (Å²) in [5.74, 6) is 0. The van der Waals surface area contributed by atoms with Crippen LogP contribution in [0.2, 0.25) is 0 Å². The van der Waals surface area contributed by atoms with E-state index in [4.69, 9.17) is 5.73 Å². The number of hydrogen-bond acceptors (Lipinski definition) is 4. The minimum absolute atomic E-state index is 0.170. The quantitative estimate of drug-likeness (QED) is 0.873. The van der Waals surface area contributed by atoms with Crippen molar-refractivity contribution in [2.75, 3.05) is 4.72 Å². The maximum absolute atomic E-state index is 12.3. The van der Waals surface area contributed by atoms with E-state index in [9.17, 15) is 8.42 Å². The molecule has 0 saturated carbocycles. The first kappa shape index (κ1) is 13.6. The monoisotopic (exact) mass is 280 g/mol. The van der Waals surface area contributed by atoms with Gasteiger partial charge in [0, 0.05) is 19.8 Å². The molecule has 19 heavy (non-hydrogen) atoms. The van der Waals surface area contributed by atoms with E-state index in [2.05, 4.69) is 9.82 Å². The highest BCUT2D eigenvalue weighted by atomic mass is 32.2. The summed E-state index contributed by atoms with van der Waals surface area (Å²) < 4.78 is 28.8. The van der Waals surface area contributed by atoms with Crippen LogP contribution in [0.5, 0.6) is 0 Å². The van der Waals surface area contributed by atoms with Crippen LogP contribution in [0.25, 0.3) is 0 Å². The summed E-state index contributed by atoms with van der Waals surface area (Å²) in [7, 11) is -1.91. The highest BCUT2D eigenvalue weighted by Gasteiger charge is 2.19. The Kier molecular flexibility index (Phi) is 3.59. The van der Waals surface area contributed by atoms with E-state index in [0.29, 0.717) is 16.9 Å². The van der Waals surface area contributed by atoms with Crippen LogP contribution in [0.15, 0.2) is 35.4 Å². The number of rotatable bonds is 4. The standard InChI is InChI=1S/C12H16N4O2S/c1-9-11(8-16(2)14-9)15-19(17,18)12-6-4-3-5-10(12)7-13/h3-6,8,15H,7,13H2,1-2H3. The van der Waals surface area contributed by atoms with Crippen molar-refractivity contribution >= 4 is 15.7 Å². The van der Waals surface area contributed by atoms with Crippen molar-refractivity contribution in [2.45, 2.75) is 18.4 Å². The smallest absolute Gasteiger partial charge is 0.262 e. The third-order valence-corrected chi connectivity index (χ3v) is 4.21. The van der Waals surface area contributed by atoms with Gasteiger partial charge in [-0.25, -0.2) is 8.42 Å². The molecule has 0 aliphatic heterocycles. The van der Waals surface area contributed by atoms with E-state index in [1.807, 2.05) is 0 Å². The van der Waals surface area contributed by atoms with E-state index >= 15 is 0 Å². The molecule has 0 amide bonds. The summed E-state index contributed by atoms with van der Waals surface area (Å²) >= 11 is 0. The van der Waals surface area contributed by atoms with Crippen molar-refractivity contribution in [1.82, 2.24) is 9.78 Å². The second-order valence-electron chi connectivity index (χ2n) is 4.22. The van der Waals surface area contributed by atoms with E-state index < -0.39 is 10.0 Å². The lowest BCUT2D eigenvalue weighted by molar-refractivity contribution is 0.600. The first-order chi connectivity index (χ1) is 8.94. The summed E-state index contributed by atoms with van der Waals surface area (Å²) in [6.45, 7) is 1.91. The number of benzene rings is 1. The van der Waals surface area contributed by atoms with Crippen molar-refractivity contribution < 1.29 is 8.42 Å². The molecule has 0 spiro atoms. The van der Waals surface area contributed by atoms with Gasteiger partial charge >= 0.3 is 0 Å². The van der Waals surface area contributed by atoms with Crippen LogP contribution in [0, 0.1) is 6.92 Å². The molecule has 6 nitrogen and oxygen atoms in total. The van der Waals surface area contributed by atoms with E-state index in [1.165, 1.54) is 6.07 Å². The predicted molar refractivity (Wildman–Crippen MR) is 73.1 cm³/mol. The fraction of sp³-hybridized carbons (Fsp3) is 0.250. The number of aryl methyl sites for hydroxylation is 2. The summed E-state index contributed by atoms with van der Waals surface area (Å²) in [4.78, 5) is 0.195. The molecule has 0 fully saturated rings. The van der Waals surface area contributed by atoms with Gasteiger partial charge in [0.05, 0.1) is 16.3 Å². The summed E-state index contributed by atoms with van der Waals surface area (Å²) in [6, 6.07) is 6.67. The minimum atomic E-state index is -3.65. The van der Waals surface area contributed by atoms with E-state index in [0.717, 1.165) is 0 Å². The molecule has 0 unspecified atom stereocenters. The zero-order valence-corrected chi connectivity index (χ0v) is 11.6.